The Morgan fingerprint density at radius 2 is 1.89 bits per heavy atom. The van der Waals surface area contributed by atoms with Crippen LogP contribution in [0.1, 0.15) is 55.8 Å². The van der Waals surface area contributed by atoms with Gasteiger partial charge in [-0.2, -0.15) is 5.26 Å². The molecule has 1 aromatic carbocycles. The van der Waals surface area contributed by atoms with E-state index < -0.39 is 11.5 Å². The standard InChI is InChI=1S/C29H30N6O2/c30-18-29(26-7-3-4-11-32-26)9-13-34(14-10-29)17-20-15-22-27(21-8-12-31-16-23(20)21)33-19-35(28(22)37)24-5-1-2-6-25(24)36/h3-4,7-8,11-12,15-16,19,24-25,36H,1-2,5-6,9-10,13-14,17H2/t24-,25-/m0/s1. The van der Waals surface area contributed by atoms with Crippen molar-refractivity contribution in [3.8, 4) is 6.07 Å². The van der Waals surface area contributed by atoms with Crippen LogP contribution >= 0.6 is 0 Å². The Hall–Kier alpha value is -3.67. The van der Waals surface area contributed by atoms with Gasteiger partial charge in [0.2, 0.25) is 0 Å². The van der Waals surface area contributed by atoms with E-state index in [1.807, 2.05) is 36.5 Å². The van der Waals surface area contributed by atoms with Crippen molar-refractivity contribution >= 4 is 21.7 Å². The molecule has 2 fully saturated rings. The van der Waals surface area contributed by atoms with Gasteiger partial charge in [-0.05, 0) is 55.5 Å². The number of nitriles is 1. The number of hydrogen-bond donors (Lipinski definition) is 1. The second kappa shape index (κ2) is 9.66. The highest BCUT2D eigenvalue weighted by atomic mass is 16.3. The highest BCUT2D eigenvalue weighted by Crippen LogP contribution is 2.35. The molecule has 188 valence electrons. The number of rotatable bonds is 4. The molecule has 1 N–H and O–H groups in total. The molecular weight excluding hydrogens is 464 g/mol. The highest BCUT2D eigenvalue weighted by Gasteiger charge is 2.37. The molecule has 0 radical (unpaired) electrons. The molecule has 37 heavy (non-hydrogen) atoms. The fourth-order valence-corrected chi connectivity index (χ4v) is 6.12. The van der Waals surface area contributed by atoms with Crippen LogP contribution in [-0.2, 0) is 12.0 Å². The average molecular weight is 495 g/mol. The number of nitrogens with zero attached hydrogens (tertiary/aromatic N) is 6. The molecule has 1 saturated heterocycles. The zero-order valence-corrected chi connectivity index (χ0v) is 20.8. The summed E-state index contributed by atoms with van der Waals surface area (Å²) in [5, 5.41) is 23.1. The lowest BCUT2D eigenvalue weighted by atomic mass is 9.76. The summed E-state index contributed by atoms with van der Waals surface area (Å²) in [7, 11) is 0. The maximum Gasteiger partial charge on any atom is 0.261 e. The lowest BCUT2D eigenvalue weighted by Gasteiger charge is -2.37. The maximum atomic E-state index is 13.7. The molecule has 6 rings (SSSR count). The zero-order chi connectivity index (χ0) is 25.4. The fourth-order valence-electron chi connectivity index (χ4n) is 6.12. The van der Waals surface area contributed by atoms with Crippen LogP contribution in [0.5, 0.6) is 0 Å². The van der Waals surface area contributed by atoms with Gasteiger partial charge in [0.25, 0.3) is 5.56 Å². The van der Waals surface area contributed by atoms with Crippen LogP contribution in [0.25, 0.3) is 21.7 Å². The SMILES string of the molecule is N#CC1(c2ccccn2)CCN(Cc2cc3c(=O)n([C@H]4CCCC[C@@H]4O)cnc3c3ccncc23)CC1. The Balaban J connectivity index is 1.35. The minimum absolute atomic E-state index is 0.104. The van der Waals surface area contributed by atoms with Crippen molar-refractivity contribution in [1.82, 2.24) is 24.4 Å². The van der Waals surface area contributed by atoms with Crippen molar-refractivity contribution < 1.29 is 5.11 Å². The van der Waals surface area contributed by atoms with E-state index in [4.69, 9.17) is 4.98 Å². The minimum Gasteiger partial charge on any atom is -0.391 e. The van der Waals surface area contributed by atoms with Gasteiger partial charge in [-0.25, -0.2) is 4.98 Å². The lowest BCUT2D eigenvalue weighted by molar-refractivity contribution is 0.0735. The lowest BCUT2D eigenvalue weighted by Crippen LogP contribution is -2.42. The third-order valence-corrected chi connectivity index (χ3v) is 8.30. The molecule has 8 nitrogen and oxygen atoms in total. The molecule has 0 amide bonds. The van der Waals surface area contributed by atoms with Gasteiger partial charge in [-0.3, -0.25) is 24.2 Å². The summed E-state index contributed by atoms with van der Waals surface area (Å²) in [5.41, 5.74) is 1.87. The summed E-state index contributed by atoms with van der Waals surface area (Å²) in [6, 6.07) is 12.0. The normalized spacial score (nSPS) is 22.2. The minimum atomic E-state index is -0.566. The number of pyridine rings is 2. The quantitative estimate of drug-likeness (QED) is 0.429. The van der Waals surface area contributed by atoms with Crippen LogP contribution in [0.4, 0.5) is 0 Å². The van der Waals surface area contributed by atoms with Gasteiger partial charge >= 0.3 is 0 Å². The Labute approximate surface area is 215 Å². The van der Waals surface area contributed by atoms with Gasteiger partial charge in [0.05, 0.1) is 41.1 Å². The van der Waals surface area contributed by atoms with E-state index in [0.717, 1.165) is 54.4 Å². The number of aliphatic hydroxyl groups is 1. The van der Waals surface area contributed by atoms with Crippen LogP contribution in [0.3, 0.4) is 0 Å². The molecule has 1 saturated carbocycles. The number of hydrogen-bond acceptors (Lipinski definition) is 7. The second-order valence-corrected chi connectivity index (χ2v) is 10.4. The van der Waals surface area contributed by atoms with Gasteiger partial charge in [0.1, 0.15) is 5.41 Å². The third-order valence-electron chi connectivity index (χ3n) is 8.30. The molecule has 0 spiro atoms. The highest BCUT2D eigenvalue weighted by molar-refractivity contribution is 6.06. The van der Waals surface area contributed by atoms with Crippen molar-refractivity contribution in [2.75, 3.05) is 13.1 Å². The third kappa shape index (κ3) is 4.18. The zero-order valence-electron chi connectivity index (χ0n) is 20.8. The Bertz CT molecular complexity index is 1540. The first-order valence-electron chi connectivity index (χ1n) is 13.1. The topological polar surface area (TPSA) is 108 Å². The predicted octanol–water partition coefficient (Wildman–Crippen LogP) is 3.87. The molecule has 4 heterocycles. The van der Waals surface area contributed by atoms with Gasteiger partial charge in [-0.15, -0.1) is 0 Å². The molecule has 8 heteroatoms. The van der Waals surface area contributed by atoms with Gasteiger partial charge in [0, 0.05) is 49.0 Å². The first-order valence-corrected chi connectivity index (χ1v) is 13.1. The van der Waals surface area contributed by atoms with Gasteiger partial charge in [0.15, 0.2) is 0 Å². The molecule has 2 atom stereocenters. The number of aromatic nitrogens is 4. The van der Waals surface area contributed by atoms with Gasteiger partial charge in [-0.1, -0.05) is 18.9 Å². The molecule has 2 aliphatic rings. The summed E-state index contributed by atoms with van der Waals surface area (Å²) < 4.78 is 1.64. The van der Waals surface area contributed by atoms with Crippen molar-refractivity contribution in [1.29, 1.82) is 5.26 Å². The van der Waals surface area contributed by atoms with Crippen LogP contribution in [0.15, 0.2) is 60.0 Å². The summed E-state index contributed by atoms with van der Waals surface area (Å²) in [6.07, 6.45) is 11.3. The first-order chi connectivity index (χ1) is 18.1. The molecule has 0 bridgehead atoms. The van der Waals surface area contributed by atoms with Crippen molar-refractivity contribution in [2.45, 2.75) is 62.6 Å². The molecule has 1 aliphatic heterocycles. The van der Waals surface area contributed by atoms with Crippen molar-refractivity contribution in [3.63, 3.8) is 0 Å². The number of piperidine rings is 1. The van der Waals surface area contributed by atoms with Crippen molar-refractivity contribution in [3.05, 3.63) is 76.9 Å². The van der Waals surface area contributed by atoms with Crippen LogP contribution in [0.2, 0.25) is 0 Å². The summed E-state index contributed by atoms with van der Waals surface area (Å²) in [4.78, 5) is 29.6. The second-order valence-electron chi connectivity index (χ2n) is 10.4. The molecule has 1 aliphatic carbocycles. The number of benzene rings is 1. The van der Waals surface area contributed by atoms with Gasteiger partial charge < -0.3 is 5.11 Å². The number of likely N-dealkylation sites (tertiary alicyclic amines) is 1. The first kappa shape index (κ1) is 23.7. The van der Waals surface area contributed by atoms with Crippen LogP contribution in [0, 0.1) is 11.3 Å². The Kier molecular flexibility index (Phi) is 6.19. The largest absolute Gasteiger partial charge is 0.391 e. The Morgan fingerprint density at radius 1 is 1.05 bits per heavy atom. The summed E-state index contributed by atoms with van der Waals surface area (Å²) in [5.74, 6) is 0. The number of fused-ring (bicyclic) bond motifs is 3. The predicted molar refractivity (Wildman–Crippen MR) is 141 cm³/mol. The maximum absolute atomic E-state index is 13.7. The molecule has 4 aromatic rings. The van der Waals surface area contributed by atoms with E-state index in [9.17, 15) is 15.2 Å². The molecule has 0 unspecified atom stereocenters. The van der Waals surface area contributed by atoms with E-state index >= 15 is 0 Å². The summed E-state index contributed by atoms with van der Waals surface area (Å²) in [6.45, 7) is 2.17. The number of aliphatic hydroxyl groups excluding tert-OH is 1. The molecule has 3 aromatic heterocycles. The van der Waals surface area contributed by atoms with E-state index in [2.05, 4.69) is 20.9 Å². The summed E-state index contributed by atoms with van der Waals surface area (Å²) >= 11 is 0. The van der Waals surface area contributed by atoms with E-state index in [-0.39, 0.29) is 11.6 Å². The van der Waals surface area contributed by atoms with Crippen LogP contribution < -0.4 is 5.56 Å². The van der Waals surface area contributed by atoms with E-state index in [0.29, 0.717) is 36.7 Å². The Morgan fingerprint density at radius 3 is 2.65 bits per heavy atom. The average Bonchev–Trinajstić information content (AvgIpc) is 2.95. The fraction of sp³-hybridized carbons (Fsp3) is 0.414. The van der Waals surface area contributed by atoms with E-state index in [1.54, 1.807) is 23.3 Å². The van der Waals surface area contributed by atoms with Crippen LogP contribution in [-0.4, -0.2) is 48.7 Å². The smallest absolute Gasteiger partial charge is 0.261 e. The van der Waals surface area contributed by atoms with E-state index in [1.165, 1.54) is 0 Å². The molecular formula is C29H30N6O2. The van der Waals surface area contributed by atoms with Crippen molar-refractivity contribution in [2.24, 2.45) is 0 Å². The monoisotopic (exact) mass is 494 g/mol.